The predicted octanol–water partition coefficient (Wildman–Crippen LogP) is 2.95. The Kier molecular flexibility index (Phi) is 32.8. The molecule has 2 aliphatic heterocycles. The number of aliphatic hydroxyl groups excluding tert-OH is 2. The van der Waals surface area contributed by atoms with Crippen LogP contribution >= 0.6 is 0 Å². The number of nitrogens with two attached hydrogens (primary N) is 1. The maximum absolute atomic E-state index is 14.0. The molecule has 1 fully saturated rings. The molecular weight excluding hydrogens is 1200 g/mol. The highest BCUT2D eigenvalue weighted by Crippen LogP contribution is 2.34. The van der Waals surface area contributed by atoms with Gasteiger partial charge in [-0.2, -0.15) is 17.2 Å². The largest absolute Gasteiger partial charge is 0.420 e. The number of amides is 3. The zero-order valence-corrected chi connectivity index (χ0v) is 49.6. The maximum atomic E-state index is 14.0. The van der Waals surface area contributed by atoms with E-state index in [0.717, 1.165) is 11.1 Å². The van der Waals surface area contributed by atoms with Gasteiger partial charge in [-0.15, -0.1) is 0 Å². The number of β-amino-alcohol motifs (C(OH)–C–C–N with tert-alkyl or cyclic N) is 1. The molecule has 31 heteroatoms. The molecule has 3 aromatic carbocycles. The van der Waals surface area contributed by atoms with Crippen molar-refractivity contribution in [2.45, 2.75) is 49.6 Å². The number of hydrogen-bond donors (Lipinski definition) is 5. The molecule has 0 spiro atoms. The van der Waals surface area contributed by atoms with Gasteiger partial charge in [-0.1, -0.05) is 31.2 Å². The Balaban J connectivity index is 0.780. The van der Waals surface area contributed by atoms with Crippen LogP contribution in [0.2, 0.25) is 0 Å². The Labute approximate surface area is 506 Å². The number of hydrogen-bond acceptors (Lipinski definition) is 22. The number of likely N-dealkylation sites (tertiary alicyclic amines) is 1. The molecule has 3 amide bonds. The Morgan fingerprint density at radius 1 is 0.682 bits per heavy atom. The number of carbonyl (C=O) groups excluding carboxylic acids is 4. The van der Waals surface area contributed by atoms with Crippen LogP contribution in [-0.2, 0) is 76.7 Å². The minimum Gasteiger partial charge on any atom is -0.420 e. The minimum absolute atomic E-state index is 0.00578. The van der Waals surface area contributed by atoms with Crippen LogP contribution in [0.25, 0.3) is 17.2 Å². The summed E-state index contributed by atoms with van der Waals surface area (Å²) >= 11 is 0. The van der Waals surface area contributed by atoms with Gasteiger partial charge in [-0.25, -0.2) is 18.8 Å². The summed E-state index contributed by atoms with van der Waals surface area (Å²) in [6.07, 6.45) is 1.15. The maximum Gasteiger partial charge on any atom is 0.313 e. The summed E-state index contributed by atoms with van der Waals surface area (Å²) in [6, 6.07) is 11.6. The summed E-state index contributed by atoms with van der Waals surface area (Å²) in [5, 5.41) is 23.7. The van der Waals surface area contributed by atoms with Gasteiger partial charge in [0.05, 0.1) is 164 Å². The highest BCUT2D eigenvalue weighted by Gasteiger charge is 2.39. The van der Waals surface area contributed by atoms with E-state index < -0.39 is 80.4 Å². The molecule has 26 nitrogen and oxygen atoms in total. The van der Waals surface area contributed by atoms with Crippen LogP contribution in [0.3, 0.4) is 0 Å². The molecule has 1 saturated heterocycles. The molecule has 490 valence electrons. The van der Waals surface area contributed by atoms with Crippen LogP contribution in [0, 0.1) is 23.3 Å². The summed E-state index contributed by atoms with van der Waals surface area (Å²) in [7, 11) is -5.66. The zero-order chi connectivity index (χ0) is 63.7. The number of aliphatic imine (C=N–C) groups is 1. The molecule has 0 bridgehead atoms. The molecule has 0 saturated carbocycles. The van der Waals surface area contributed by atoms with Crippen molar-refractivity contribution in [2.24, 2.45) is 10.7 Å². The fourth-order valence-electron chi connectivity index (χ4n) is 8.38. The number of amidine groups is 1. The fraction of sp³-hybridized carbons (Fsp3) is 0.561. The molecule has 2 aliphatic rings. The summed E-state index contributed by atoms with van der Waals surface area (Å²) in [5.74, 6) is -13.6. The molecular formula is C57H77F4N5O21S. The number of halogens is 4. The lowest BCUT2D eigenvalue weighted by Crippen LogP contribution is -2.46. The highest BCUT2D eigenvalue weighted by molar-refractivity contribution is 7.85. The number of esters is 1. The van der Waals surface area contributed by atoms with Crippen LogP contribution in [0.5, 0.6) is 5.75 Å². The quantitative estimate of drug-likeness (QED) is 0.0103. The monoisotopic (exact) mass is 1280 g/mol. The van der Waals surface area contributed by atoms with E-state index in [0.29, 0.717) is 121 Å². The minimum atomic E-state index is -5.66. The lowest BCUT2D eigenvalue weighted by molar-refractivity contribution is -0.185. The zero-order valence-electron chi connectivity index (χ0n) is 48.8. The number of carbonyl (C=O) groups is 4. The van der Waals surface area contributed by atoms with Crippen molar-refractivity contribution in [1.29, 1.82) is 0 Å². The summed E-state index contributed by atoms with van der Waals surface area (Å²) in [4.78, 5) is 61.2. The second kappa shape index (κ2) is 39.8. The van der Waals surface area contributed by atoms with E-state index in [2.05, 4.69) is 15.0 Å². The number of hydroxylamine groups is 2. The Hall–Kier alpha value is -6.14. The molecule has 3 aromatic rings. The van der Waals surface area contributed by atoms with Gasteiger partial charge < -0.3 is 78.3 Å². The first-order valence-electron chi connectivity index (χ1n) is 28.4. The first-order valence-corrected chi connectivity index (χ1v) is 29.8. The fourth-order valence-corrected chi connectivity index (χ4v) is 9.01. The van der Waals surface area contributed by atoms with Gasteiger partial charge in [-0.05, 0) is 41.8 Å². The number of nitrogens with zero attached hydrogens (tertiary/aromatic N) is 3. The third-order valence-corrected chi connectivity index (χ3v) is 13.4. The van der Waals surface area contributed by atoms with Crippen molar-refractivity contribution in [1.82, 2.24) is 15.3 Å². The Bertz CT molecular complexity index is 2830. The number of ether oxygens (including phenoxy) is 11. The van der Waals surface area contributed by atoms with E-state index in [-0.39, 0.29) is 97.1 Å². The van der Waals surface area contributed by atoms with Crippen LogP contribution < -0.4 is 15.8 Å². The Morgan fingerprint density at radius 3 is 1.64 bits per heavy atom. The summed E-state index contributed by atoms with van der Waals surface area (Å²) < 4.78 is 145. The number of fused-ring (bicyclic) bond motifs is 1. The molecule has 5 rings (SSSR count). The standard InChI is InChI=1S/C57H77F4N5O21S/c1-2-11-66(86-15-12-67)57(72)43-34-42-8-7-41(35-45(42)64-47(62)36-43)39-3-5-40(6-4-39)56(71)65-38-44(68)37-46(65)55(70)63-10-14-77-17-19-79-21-23-81-25-27-83-29-31-85-33-32-84-30-28-82-26-24-80-22-20-78-18-16-76-13-9-48(69)87-53-49(58)51(60)54(88(73,74)75)52(61)50(53)59/h3-8,34-35,44,46,67-68H,2,9-33,36-38H2,1H3,(H2,62,64)(H,63,70)(H,73,74,75)/t44-,46+/m1/s1. The van der Waals surface area contributed by atoms with Crippen molar-refractivity contribution >= 4 is 51.4 Å². The van der Waals surface area contributed by atoms with Crippen molar-refractivity contribution < 1.29 is 117 Å². The molecule has 88 heavy (non-hydrogen) atoms. The number of aliphatic hydroxyl groups is 2. The average Bonchev–Trinajstić information content (AvgIpc) is 1.17. The van der Waals surface area contributed by atoms with Crippen molar-refractivity contribution in [3.05, 3.63) is 82.4 Å². The van der Waals surface area contributed by atoms with E-state index in [9.17, 15) is 55.4 Å². The van der Waals surface area contributed by atoms with E-state index in [1.807, 2.05) is 25.1 Å². The molecule has 0 unspecified atom stereocenters. The van der Waals surface area contributed by atoms with E-state index in [1.165, 1.54) is 9.96 Å². The normalized spacial score (nSPS) is 15.0. The molecule has 2 heterocycles. The SMILES string of the molecule is CCCN(OCCO)C(=O)C1=Cc2ccc(-c3ccc(C(=O)N4C[C@H](O)C[C@H]4C(=O)NCCOCCOCCOCCOCCOCCOCCOCCOCCOCCOCCC(=O)Oc4c(F)c(F)c(S(=O)(=O)O)c(F)c4F)cc3)cc2N=C(N)C1. The van der Waals surface area contributed by atoms with Crippen LogP contribution in [0.1, 0.15) is 48.5 Å². The number of benzene rings is 3. The highest BCUT2D eigenvalue weighted by atomic mass is 32.2. The van der Waals surface area contributed by atoms with Crippen LogP contribution in [0.4, 0.5) is 23.2 Å². The molecule has 0 radical (unpaired) electrons. The van der Waals surface area contributed by atoms with Crippen molar-refractivity contribution in [3.63, 3.8) is 0 Å². The van der Waals surface area contributed by atoms with E-state index >= 15 is 0 Å². The second-order valence-electron chi connectivity index (χ2n) is 19.2. The van der Waals surface area contributed by atoms with Gasteiger partial charge in [0.1, 0.15) is 11.9 Å². The number of rotatable bonds is 44. The van der Waals surface area contributed by atoms with Crippen LogP contribution in [0.15, 0.2) is 57.9 Å². The lowest BCUT2D eigenvalue weighted by Gasteiger charge is -2.24. The predicted molar refractivity (Wildman–Crippen MR) is 304 cm³/mol. The van der Waals surface area contributed by atoms with E-state index in [4.69, 9.17) is 62.5 Å². The molecule has 2 atom stereocenters. The second-order valence-corrected chi connectivity index (χ2v) is 20.5. The van der Waals surface area contributed by atoms with Gasteiger partial charge in [0.25, 0.3) is 11.8 Å². The van der Waals surface area contributed by atoms with Crippen LogP contribution in [-0.4, -0.2) is 240 Å². The van der Waals surface area contributed by atoms with Gasteiger partial charge in [0, 0.05) is 49.2 Å². The van der Waals surface area contributed by atoms with Gasteiger partial charge >= 0.3 is 16.1 Å². The Morgan fingerprint density at radius 2 is 1.16 bits per heavy atom. The molecule has 0 aliphatic carbocycles. The van der Waals surface area contributed by atoms with Crippen molar-refractivity contribution in [3.8, 4) is 16.9 Å². The average molecular weight is 1280 g/mol. The lowest BCUT2D eigenvalue weighted by atomic mass is 9.99. The number of nitrogens with one attached hydrogen (secondary N) is 1. The summed E-state index contributed by atoms with van der Waals surface area (Å²) in [6.45, 7) is 7.56. The first kappa shape index (κ1) is 72.6. The molecule has 0 aromatic heterocycles. The molecule has 6 N–H and O–H groups in total. The third-order valence-electron chi connectivity index (χ3n) is 12.6. The van der Waals surface area contributed by atoms with Gasteiger partial charge in [-0.3, -0.25) is 28.6 Å². The van der Waals surface area contributed by atoms with Crippen molar-refractivity contribution in [2.75, 3.05) is 165 Å². The van der Waals surface area contributed by atoms with Gasteiger partial charge in [0.2, 0.25) is 23.3 Å². The summed E-state index contributed by atoms with van der Waals surface area (Å²) in [5.41, 5.74) is 9.83. The smallest absolute Gasteiger partial charge is 0.313 e. The topological polar surface area (TPSA) is 331 Å². The third kappa shape index (κ3) is 24.7. The van der Waals surface area contributed by atoms with E-state index in [1.54, 1.807) is 30.3 Å². The van der Waals surface area contributed by atoms with Gasteiger partial charge in [0.15, 0.2) is 16.5 Å². The first-order chi connectivity index (χ1) is 42.4.